The van der Waals surface area contributed by atoms with E-state index in [9.17, 15) is 4.79 Å². The molecule has 1 heterocycles. The molecule has 0 amide bonds. The lowest BCUT2D eigenvalue weighted by Crippen LogP contribution is -2.42. The van der Waals surface area contributed by atoms with Crippen LogP contribution in [0.25, 0.3) is 0 Å². The molecule has 0 aromatic carbocycles. The van der Waals surface area contributed by atoms with E-state index in [1.165, 1.54) is 0 Å². The molecule has 1 saturated heterocycles. The second-order valence-corrected chi connectivity index (χ2v) is 5.86. The normalized spacial score (nSPS) is 20.4. The number of Topliss-reactive ketones (excluding diaryl/α,β-unsaturated/α-hetero) is 1. The highest BCUT2D eigenvalue weighted by Crippen LogP contribution is 2.12. The summed E-state index contributed by atoms with van der Waals surface area (Å²) in [5.41, 5.74) is 0. The van der Waals surface area contributed by atoms with Crippen LogP contribution in [0.4, 0.5) is 0 Å². The summed E-state index contributed by atoms with van der Waals surface area (Å²) in [6, 6.07) is 0. The third-order valence-electron chi connectivity index (χ3n) is 3.27. The second-order valence-electron chi connectivity index (χ2n) is 5.86. The first-order chi connectivity index (χ1) is 8.99. The first-order valence-corrected chi connectivity index (χ1v) is 7.34. The lowest BCUT2D eigenvalue weighted by molar-refractivity contribution is -0.123. The lowest BCUT2D eigenvalue weighted by atomic mass is 10.0. The Hall–Kier alpha value is -0.850. The SMILES string of the molecule is CC(C)C#CCN1CCO[C@H](CCC(=O)C(C)C)C1. The third kappa shape index (κ3) is 6.75. The average molecular weight is 265 g/mol. The van der Waals surface area contributed by atoms with Gasteiger partial charge in [0.15, 0.2) is 0 Å². The van der Waals surface area contributed by atoms with E-state index < -0.39 is 0 Å². The van der Waals surface area contributed by atoms with Crippen molar-refractivity contribution in [2.75, 3.05) is 26.2 Å². The average Bonchev–Trinajstić information content (AvgIpc) is 2.36. The zero-order chi connectivity index (χ0) is 14.3. The number of rotatable bonds is 5. The molecule has 1 aliphatic rings. The summed E-state index contributed by atoms with van der Waals surface area (Å²) >= 11 is 0. The molecule has 1 rings (SSSR count). The molecule has 108 valence electrons. The maximum atomic E-state index is 11.6. The number of nitrogens with zero attached hydrogens (tertiary/aromatic N) is 1. The number of hydrogen-bond acceptors (Lipinski definition) is 3. The number of carbonyl (C=O) groups excluding carboxylic acids is 1. The van der Waals surface area contributed by atoms with Crippen LogP contribution in [0.5, 0.6) is 0 Å². The first-order valence-electron chi connectivity index (χ1n) is 7.34. The highest BCUT2D eigenvalue weighted by atomic mass is 16.5. The number of hydrogen-bond donors (Lipinski definition) is 0. The van der Waals surface area contributed by atoms with E-state index in [1.54, 1.807) is 0 Å². The summed E-state index contributed by atoms with van der Waals surface area (Å²) in [4.78, 5) is 13.9. The monoisotopic (exact) mass is 265 g/mol. The molecule has 0 bridgehead atoms. The predicted molar refractivity (Wildman–Crippen MR) is 77.9 cm³/mol. The van der Waals surface area contributed by atoms with Crippen LogP contribution in [0.15, 0.2) is 0 Å². The van der Waals surface area contributed by atoms with Crippen LogP contribution < -0.4 is 0 Å². The van der Waals surface area contributed by atoms with E-state index in [2.05, 4.69) is 30.6 Å². The summed E-state index contributed by atoms with van der Waals surface area (Å²) < 4.78 is 5.72. The molecule has 0 radical (unpaired) electrons. The van der Waals surface area contributed by atoms with Crippen molar-refractivity contribution in [3.8, 4) is 11.8 Å². The molecule has 0 aliphatic carbocycles. The Labute approximate surface area is 117 Å². The van der Waals surface area contributed by atoms with Crippen molar-refractivity contribution < 1.29 is 9.53 Å². The molecule has 0 aromatic rings. The molecule has 1 aliphatic heterocycles. The van der Waals surface area contributed by atoms with Crippen molar-refractivity contribution in [2.45, 2.75) is 46.6 Å². The van der Waals surface area contributed by atoms with Crippen LogP contribution in [0.3, 0.4) is 0 Å². The van der Waals surface area contributed by atoms with Crippen molar-refractivity contribution in [1.82, 2.24) is 4.90 Å². The van der Waals surface area contributed by atoms with Gasteiger partial charge < -0.3 is 4.74 Å². The number of ether oxygens (including phenoxy) is 1. The fraction of sp³-hybridized carbons (Fsp3) is 0.812. The summed E-state index contributed by atoms with van der Waals surface area (Å²) in [5, 5.41) is 0. The molecular weight excluding hydrogens is 238 g/mol. The van der Waals surface area contributed by atoms with Crippen LogP contribution in [-0.4, -0.2) is 43.0 Å². The van der Waals surface area contributed by atoms with Gasteiger partial charge in [-0.3, -0.25) is 9.69 Å². The Morgan fingerprint density at radius 2 is 2.11 bits per heavy atom. The van der Waals surface area contributed by atoms with Crippen LogP contribution in [0.2, 0.25) is 0 Å². The van der Waals surface area contributed by atoms with Gasteiger partial charge in [-0.15, -0.1) is 0 Å². The van der Waals surface area contributed by atoms with Gasteiger partial charge in [-0.1, -0.05) is 39.5 Å². The van der Waals surface area contributed by atoms with Gasteiger partial charge >= 0.3 is 0 Å². The Morgan fingerprint density at radius 3 is 2.74 bits per heavy atom. The summed E-state index contributed by atoms with van der Waals surface area (Å²) in [5.74, 6) is 7.30. The maximum absolute atomic E-state index is 11.6. The number of morpholine rings is 1. The van der Waals surface area contributed by atoms with Gasteiger partial charge in [0.05, 0.1) is 19.3 Å². The molecule has 3 nitrogen and oxygen atoms in total. The molecule has 0 unspecified atom stereocenters. The summed E-state index contributed by atoms with van der Waals surface area (Å²) in [6.07, 6.45) is 1.66. The second kappa shape index (κ2) is 8.35. The van der Waals surface area contributed by atoms with Gasteiger partial charge in [-0.25, -0.2) is 0 Å². The minimum atomic E-state index is 0.136. The quantitative estimate of drug-likeness (QED) is 0.715. The van der Waals surface area contributed by atoms with E-state index in [1.807, 2.05) is 13.8 Å². The molecule has 19 heavy (non-hydrogen) atoms. The van der Waals surface area contributed by atoms with Gasteiger partial charge in [0, 0.05) is 31.3 Å². The molecule has 1 fully saturated rings. The standard InChI is InChI=1S/C16H27NO2/c1-13(2)6-5-9-17-10-11-19-15(12-17)7-8-16(18)14(3)4/h13-15H,7-12H2,1-4H3/t15-/m1/s1. The highest BCUT2D eigenvalue weighted by Gasteiger charge is 2.21. The molecule has 1 atom stereocenters. The fourth-order valence-corrected chi connectivity index (χ4v) is 2.05. The van der Waals surface area contributed by atoms with Crippen LogP contribution in [0.1, 0.15) is 40.5 Å². The Kier molecular flexibility index (Phi) is 7.12. The Balaban J connectivity index is 2.30. The molecule has 0 saturated carbocycles. The number of carbonyl (C=O) groups is 1. The molecule has 3 heteroatoms. The van der Waals surface area contributed by atoms with Crippen LogP contribution in [-0.2, 0) is 9.53 Å². The van der Waals surface area contributed by atoms with E-state index >= 15 is 0 Å². The predicted octanol–water partition coefficient (Wildman–Crippen LogP) is 2.35. The van der Waals surface area contributed by atoms with E-state index in [4.69, 9.17) is 4.74 Å². The maximum Gasteiger partial charge on any atom is 0.135 e. The summed E-state index contributed by atoms with van der Waals surface area (Å²) in [6.45, 7) is 11.5. The summed E-state index contributed by atoms with van der Waals surface area (Å²) in [7, 11) is 0. The van der Waals surface area contributed by atoms with Gasteiger partial charge in [0.2, 0.25) is 0 Å². The van der Waals surface area contributed by atoms with Crippen molar-refractivity contribution in [3.05, 3.63) is 0 Å². The van der Waals surface area contributed by atoms with Gasteiger partial charge in [0.1, 0.15) is 5.78 Å². The smallest absolute Gasteiger partial charge is 0.135 e. The third-order valence-corrected chi connectivity index (χ3v) is 3.27. The lowest BCUT2D eigenvalue weighted by Gasteiger charge is -2.31. The van der Waals surface area contributed by atoms with Crippen molar-refractivity contribution in [3.63, 3.8) is 0 Å². The Bertz CT molecular complexity index is 338. The first kappa shape index (κ1) is 16.2. The Morgan fingerprint density at radius 1 is 1.37 bits per heavy atom. The minimum Gasteiger partial charge on any atom is -0.376 e. The van der Waals surface area contributed by atoms with E-state index in [0.717, 1.165) is 32.7 Å². The van der Waals surface area contributed by atoms with Crippen LogP contribution in [0, 0.1) is 23.7 Å². The van der Waals surface area contributed by atoms with Gasteiger partial charge in [-0.2, -0.15) is 0 Å². The largest absolute Gasteiger partial charge is 0.376 e. The molecular formula is C16H27NO2. The molecule has 0 spiro atoms. The van der Waals surface area contributed by atoms with E-state index in [0.29, 0.717) is 18.1 Å². The zero-order valence-corrected chi connectivity index (χ0v) is 12.7. The number of ketones is 1. The van der Waals surface area contributed by atoms with E-state index in [-0.39, 0.29) is 12.0 Å². The van der Waals surface area contributed by atoms with Crippen molar-refractivity contribution in [2.24, 2.45) is 11.8 Å². The topological polar surface area (TPSA) is 29.5 Å². The van der Waals surface area contributed by atoms with Gasteiger partial charge in [-0.05, 0) is 6.42 Å². The van der Waals surface area contributed by atoms with Crippen molar-refractivity contribution >= 4 is 5.78 Å². The van der Waals surface area contributed by atoms with Crippen molar-refractivity contribution in [1.29, 1.82) is 0 Å². The van der Waals surface area contributed by atoms with Crippen LogP contribution >= 0.6 is 0 Å². The zero-order valence-electron chi connectivity index (χ0n) is 12.7. The molecule has 0 N–H and O–H groups in total. The fourth-order valence-electron chi connectivity index (χ4n) is 2.05. The molecule has 0 aromatic heterocycles. The van der Waals surface area contributed by atoms with Gasteiger partial charge in [0.25, 0.3) is 0 Å². The highest BCUT2D eigenvalue weighted by molar-refractivity contribution is 5.80. The minimum absolute atomic E-state index is 0.136.